The molecule has 0 fully saturated rings. The van der Waals surface area contributed by atoms with Crippen LogP contribution in [0.25, 0.3) is 21.3 Å². The molecule has 0 N–H and O–H groups in total. The van der Waals surface area contributed by atoms with Crippen molar-refractivity contribution >= 4 is 33.9 Å². The number of aromatic nitrogens is 1. The number of thioether (sulfide) groups is 1. The molecule has 0 unspecified atom stereocenters. The van der Waals surface area contributed by atoms with Crippen LogP contribution in [-0.4, -0.2) is 11.2 Å². The number of nitriles is 1. The summed E-state index contributed by atoms with van der Waals surface area (Å²) in [5.41, 5.74) is 1.03. The Morgan fingerprint density at radius 1 is 1.19 bits per heavy atom. The van der Waals surface area contributed by atoms with Crippen LogP contribution in [0.3, 0.4) is 0 Å². The van der Waals surface area contributed by atoms with E-state index in [2.05, 4.69) is 4.98 Å². The summed E-state index contributed by atoms with van der Waals surface area (Å²) in [6.07, 6.45) is 1.82. The molecule has 0 atom stereocenters. The maximum Gasteiger partial charge on any atom is 0.254 e. The molecule has 102 valence electrons. The van der Waals surface area contributed by atoms with Gasteiger partial charge in [-0.2, -0.15) is 5.26 Å². The molecule has 0 aliphatic carbocycles. The van der Waals surface area contributed by atoms with Gasteiger partial charge in [0.1, 0.15) is 21.7 Å². The molecule has 3 rings (SSSR count). The van der Waals surface area contributed by atoms with Crippen molar-refractivity contribution in [2.24, 2.45) is 0 Å². The average Bonchev–Trinajstić information content (AvgIpc) is 2.53. The summed E-state index contributed by atoms with van der Waals surface area (Å²) in [6, 6.07) is 16.0. The lowest BCUT2D eigenvalue weighted by Gasteiger charge is -2.05. The molecule has 0 aliphatic rings. The first-order valence-corrected chi connectivity index (χ1v) is 8.25. The van der Waals surface area contributed by atoms with Crippen molar-refractivity contribution < 1.29 is 0 Å². The highest BCUT2D eigenvalue weighted by Gasteiger charge is 2.12. The van der Waals surface area contributed by atoms with Crippen molar-refractivity contribution in [2.75, 3.05) is 6.26 Å². The molecule has 5 heteroatoms. The second-order valence-electron chi connectivity index (χ2n) is 4.36. The predicted octanol–water partition coefficient (Wildman–Crippen LogP) is 3.92. The minimum atomic E-state index is -0.236. The van der Waals surface area contributed by atoms with Crippen molar-refractivity contribution in [3.63, 3.8) is 0 Å². The van der Waals surface area contributed by atoms with E-state index in [4.69, 9.17) is 5.26 Å². The van der Waals surface area contributed by atoms with Gasteiger partial charge in [0.05, 0.1) is 0 Å². The van der Waals surface area contributed by atoms with Crippen molar-refractivity contribution in [2.45, 2.75) is 5.03 Å². The van der Waals surface area contributed by atoms with Crippen LogP contribution >= 0.6 is 23.1 Å². The maximum atomic E-state index is 12.0. The van der Waals surface area contributed by atoms with E-state index in [1.807, 2.05) is 54.8 Å². The van der Waals surface area contributed by atoms with Crippen LogP contribution in [0.1, 0.15) is 5.56 Å². The summed E-state index contributed by atoms with van der Waals surface area (Å²) in [7, 11) is 0. The molecule has 0 saturated carbocycles. The highest BCUT2D eigenvalue weighted by atomic mass is 32.2. The second kappa shape index (κ2) is 5.68. The minimum Gasteiger partial charge on any atom is -0.276 e. The van der Waals surface area contributed by atoms with Crippen molar-refractivity contribution in [1.29, 1.82) is 5.26 Å². The Bertz CT molecular complexity index is 925. The third kappa shape index (κ3) is 2.56. The van der Waals surface area contributed by atoms with Gasteiger partial charge in [-0.15, -0.1) is 11.8 Å². The molecule has 0 spiro atoms. The Labute approximate surface area is 129 Å². The fourth-order valence-electron chi connectivity index (χ4n) is 2.08. The summed E-state index contributed by atoms with van der Waals surface area (Å²) in [6.45, 7) is 0. The summed E-state index contributed by atoms with van der Waals surface area (Å²) < 4.78 is -0.236. The SMILES string of the molecule is CSc1nc(-c2ccc3ccccc3c2)sc(=O)c1C#N. The Morgan fingerprint density at radius 2 is 1.95 bits per heavy atom. The molecule has 1 aromatic heterocycles. The number of fused-ring (bicyclic) bond motifs is 1. The van der Waals surface area contributed by atoms with Gasteiger partial charge in [-0.3, -0.25) is 4.79 Å². The number of benzene rings is 2. The standard InChI is InChI=1S/C16H10N2OS2/c1-20-15-13(9-17)16(19)21-14(18-15)12-7-6-10-4-2-3-5-11(10)8-12/h2-8H,1H3. The van der Waals surface area contributed by atoms with Crippen molar-refractivity contribution in [1.82, 2.24) is 4.98 Å². The van der Waals surface area contributed by atoms with E-state index < -0.39 is 0 Å². The van der Waals surface area contributed by atoms with E-state index in [1.165, 1.54) is 11.8 Å². The minimum absolute atomic E-state index is 0.136. The molecule has 3 nitrogen and oxygen atoms in total. The molecule has 0 aliphatic heterocycles. The lowest BCUT2D eigenvalue weighted by Crippen LogP contribution is -2.05. The number of nitrogens with zero attached hydrogens (tertiary/aromatic N) is 2. The van der Waals surface area contributed by atoms with Gasteiger partial charge in [0.25, 0.3) is 4.74 Å². The van der Waals surface area contributed by atoms with Gasteiger partial charge in [0.2, 0.25) is 0 Å². The summed E-state index contributed by atoms with van der Waals surface area (Å²) in [5.74, 6) is 0. The fraction of sp³-hybridized carbons (Fsp3) is 0.0625. The Balaban J connectivity index is 2.21. The Hall–Kier alpha value is -2.16. The molecule has 0 amide bonds. The number of hydrogen-bond acceptors (Lipinski definition) is 5. The smallest absolute Gasteiger partial charge is 0.254 e. The van der Waals surface area contributed by atoms with Gasteiger partial charge in [-0.25, -0.2) is 4.98 Å². The lowest BCUT2D eigenvalue weighted by atomic mass is 10.1. The lowest BCUT2D eigenvalue weighted by molar-refractivity contribution is 1.14. The highest BCUT2D eigenvalue weighted by Crippen LogP contribution is 2.27. The molecule has 3 aromatic rings. The quantitative estimate of drug-likeness (QED) is 0.673. The van der Waals surface area contributed by atoms with E-state index in [1.54, 1.807) is 0 Å². The monoisotopic (exact) mass is 310 g/mol. The van der Waals surface area contributed by atoms with E-state index >= 15 is 0 Å². The van der Waals surface area contributed by atoms with Gasteiger partial charge < -0.3 is 0 Å². The van der Waals surface area contributed by atoms with Crippen LogP contribution in [0.5, 0.6) is 0 Å². The van der Waals surface area contributed by atoms with E-state index in [9.17, 15) is 4.79 Å². The van der Waals surface area contributed by atoms with E-state index in [-0.39, 0.29) is 10.3 Å². The van der Waals surface area contributed by atoms with Crippen LogP contribution in [0.2, 0.25) is 0 Å². The molecule has 21 heavy (non-hydrogen) atoms. The van der Waals surface area contributed by atoms with Crippen LogP contribution < -0.4 is 4.74 Å². The van der Waals surface area contributed by atoms with E-state index in [0.29, 0.717) is 10.0 Å². The molecule has 0 bridgehead atoms. The highest BCUT2D eigenvalue weighted by molar-refractivity contribution is 7.98. The fourth-order valence-corrected chi connectivity index (χ4v) is 3.53. The van der Waals surface area contributed by atoms with Gasteiger partial charge in [0.15, 0.2) is 0 Å². The van der Waals surface area contributed by atoms with Gasteiger partial charge in [-0.05, 0) is 23.1 Å². The first kappa shape index (κ1) is 13.8. The van der Waals surface area contributed by atoms with Crippen LogP contribution in [0.4, 0.5) is 0 Å². The number of rotatable bonds is 2. The molecule has 0 saturated heterocycles. The van der Waals surface area contributed by atoms with Crippen LogP contribution in [-0.2, 0) is 0 Å². The van der Waals surface area contributed by atoms with Crippen LogP contribution in [0.15, 0.2) is 52.3 Å². The third-order valence-electron chi connectivity index (χ3n) is 3.11. The van der Waals surface area contributed by atoms with E-state index in [0.717, 1.165) is 27.7 Å². The summed E-state index contributed by atoms with van der Waals surface area (Å²) >= 11 is 2.34. The largest absolute Gasteiger partial charge is 0.276 e. The van der Waals surface area contributed by atoms with Gasteiger partial charge in [0, 0.05) is 5.56 Å². The predicted molar refractivity (Wildman–Crippen MR) is 87.8 cm³/mol. The Morgan fingerprint density at radius 3 is 2.67 bits per heavy atom. The first-order chi connectivity index (χ1) is 10.2. The first-order valence-electron chi connectivity index (χ1n) is 6.21. The maximum absolute atomic E-state index is 12.0. The second-order valence-corrected chi connectivity index (χ2v) is 6.12. The van der Waals surface area contributed by atoms with Crippen molar-refractivity contribution in [3.05, 3.63) is 57.6 Å². The molecule has 0 radical (unpaired) electrons. The molecule has 2 aromatic carbocycles. The Kier molecular flexibility index (Phi) is 3.74. The molecular formula is C16H10N2OS2. The zero-order chi connectivity index (χ0) is 14.8. The summed E-state index contributed by atoms with van der Waals surface area (Å²) in [5, 5.41) is 12.4. The van der Waals surface area contributed by atoms with Crippen molar-refractivity contribution in [3.8, 4) is 16.6 Å². The molecule has 1 heterocycles. The third-order valence-corrected chi connectivity index (χ3v) is 4.70. The number of hydrogen-bond donors (Lipinski definition) is 0. The van der Waals surface area contributed by atoms with Crippen LogP contribution in [0, 0.1) is 11.3 Å². The zero-order valence-corrected chi connectivity index (χ0v) is 12.8. The zero-order valence-electron chi connectivity index (χ0n) is 11.2. The molecular weight excluding hydrogens is 300 g/mol. The average molecular weight is 310 g/mol. The van der Waals surface area contributed by atoms with Gasteiger partial charge in [-0.1, -0.05) is 47.7 Å². The normalized spacial score (nSPS) is 10.5. The topological polar surface area (TPSA) is 53.8 Å². The summed E-state index contributed by atoms with van der Waals surface area (Å²) in [4.78, 5) is 16.5. The van der Waals surface area contributed by atoms with Gasteiger partial charge >= 0.3 is 0 Å².